The zero-order valence-corrected chi connectivity index (χ0v) is 27.1. The van der Waals surface area contributed by atoms with Gasteiger partial charge in [0.15, 0.2) is 5.82 Å². The molecular formula is C33H35F4N9O2. The fraction of sp³-hybridized carbons (Fsp3) is 0.424. The Kier molecular flexibility index (Phi) is 7.57. The lowest BCUT2D eigenvalue weighted by Crippen LogP contribution is -2.43. The van der Waals surface area contributed by atoms with Crippen LogP contribution in [0.2, 0.25) is 0 Å². The quantitative estimate of drug-likeness (QED) is 0.202. The van der Waals surface area contributed by atoms with Crippen molar-refractivity contribution in [3.8, 4) is 23.1 Å². The number of aryl methyl sites for hydroxylation is 1. The fourth-order valence-corrected chi connectivity index (χ4v) is 7.01. The van der Waals surface area contributed by atoms with Crippen LogP contribution in [0.1, 0.15) is 56.3 Å². The maximum Gasteiger partial charge on any atom is 0.417 e. The predicted octanol–water partition coefficient (Wildman–Crippen LogP) is 6.22. The number of alkyl halides is 3. The summed E-state index contributed by atoms with van der Waals surface area (Å²) in [7, 11) is 2.01. The first kappa shape index (κ1) is 31.8. The van der Waals surface area contributed by atoms with Crippen LogP contribution in [0.5, 0.6) is 11.9 Å². The highest BCUT2D eigenvalue weighted by Gasteiger charge is 2.41. The van der Waals surface area contributed by atoms with Crippen LogP contribution in [-0.4, -0.2) is 73.4 Å². The van der Waals surface area contributed by atoms with Crippen LogP contribution in [0.3, 0.4) is 0 Å². The third-order valence-electron chi connectivity index (χ3n) is 9.74. The average molecular weight is 666 g/mol. The predicted molar refractivity (Wildman–Crippen MR) is 172 cm³/mol. The Balaban J connectivity index is 1.50. The number of halogens is 4. The molecule has 0 spiro atoms. The largest absolute Gasteiger partial charge is 0.475 e. The molecule has 1 fully saturated rings. The van der Waals surface area contributed by atoms with Crippen LogP contribution in [0.25, 0.3) is 33.1 Å². The summed E-state index contributed by atoms with van der Waals surface area (Å²) in [6.07, 6.45) is -0.157. The van der Waals surface area contributed by atoms with Crippen molar-refractivity contribution in [1.82, 2.24) is 35.0 Å². The molecule has 0 amide bonds. The Morgan fingerprint density at radius 2 is 2.04 bits per heavy atom. The highest BCUT2D eigenvalue weighted by atomic mass is 19.4. The zero-order chi connectivity index (χ0) is 34.1. The van der Waals surface area contributed by atoms with E-state index in [0.717, 1.165) is 19.4 Å². The van der Waals surface area contributed by atoms with Gasteiger partial charge in [-0.2, -0.15) is 28.2 Å². The van der Waals surface area contributed by atoms with Gasteiger partial charge in [-0.25, -0.2) is 14.4 Å². The smallest absolute Gasteiger partial charge is 0.417 e. The molecule has 3 atom stereocenters. The Bertz CT molecular complexity index is 2050. The molecule has 0 aliphatic carbocycles. The second-order valence-corrected chi connectivity index (χ2v) is 12.9. The van der Waals surface area contributed by atoms with Crippen LogP contribution in [-0.2, 0) is 6.18 Å². The molecule has 2 aliphatic rings. The lowest BCUT2D eigenvalue weighted by atomic mass is 9.94. The van der Waals surface area contributed by atoms with Gasteiger partial charge in [0.2, 0.25) is 5.88 Å². The van der Waals surface area contributed by atoms with E-state index in [0.29, 0.717) is 16.9 Å². The van der Waals surface area contributed by atoms with Gasteiger partial charge in [-0.15, -0.1) is 0 Å². The molecule has 0 bridgehead atoms. The number of nitrogens with zero attached hydrogens (tertiary/aromatic N) is 7. The normalized spacial score (nSPS) is 20.7. The number of aromatic amines is 1. The summed E-state index contributed by atoms with van der Waals surface area (Å²) in [6.45, 7) is 8.34. The standard InChI is InChI=1S/C33H35F4N9O2/c1-16-12-21-20(13-40-44-21)22(24(16)33(35,36)37)26-25(34)27-23-29(43-31(42-27)48-15-32(4)9-7-11-45(32)5)46(17(2)14-47-30(23)41-26)18(3)19-8-6-10-39-28(19)38/h6,8,10,12-13,17-18H,7,9,11,14-15H2,1-5H3,(H2,38,39)(H,40,44)/t17-,18+,32+/m0/s1. The maximum absolute atomic E-state index is 17.1. The first-order valence-corrected chi connectivity index (χ1v) is 15.7. The molecule has 3 N–H and O–H groups in total. The Morgan fingerprint density at radius 1 is 1.25 bits per heavy atom. The number of pyridine rings is 2. The van der Waals surface area contributed by atoms with E-state index >= 15 is 4.39 Å². The number of likely N-dealkylation sites (tertiary alicyclic amines) is 1. The zero-order valence-electron chi connectivity index (χ0n) is 27.1. The minimum atomic E-state index is -4.83. The van der Waals surface area contributed by atoms with E-state index in [1.165, 1.54) is 19.2 Å². The van der Waals surface area contributed by atoms with E-state index in [4.69, 9.17) is 20.2 Å². The van der Waals surface area contributed by atoms with Crippen molar-refractivity contribution >= 4 is 33.4 Å². The topological polar surface area (TPSA) is 131 Å². The fourth-order valence-electron chi connectivity index (χ4n) is 7.01. The van der Waals surface area contributed by atoms with Gasteiger partial charge in [0.1, 0.15) is 41.4 Å². The minimum Gasteiger partial charge on any atom is -0.475 e. The van der Waals surface area contributed by atoms with Crippen molar-refractivity contribution in [2.75, 3.05) is 37.4 Å². The van der Waals surface area contributed by atoms with E-state index < -0.39 is 34.9 Å². The molecule has 7 rings (SSSR count). The van der Waals surface area contributed by atoms with Crippen LogP contribution in [0.4, 0.5) is 29.2 Å². The van der Waals surface area contributed by atoms with E-state index in [-0.39, 0.29) is 64.4 Å². The molecular weight excluding hydrogens is 630 g/mol. The number of benzene rings is 1. The van der Waals surface area contributed by atoms with Crippen LogP contribution < -0.4 is 20.1 Å². The lowest BCUT2D eigenvalue weighted by Gasteiger charge is -2.35. The highest BCUT2D eigenvalue weighted by molar-refractivity contribution is 6.02. The lowest BCUT2D eigenvalue weighted by molar-refractivity contribution is -0.137. The number of nitrogens with two attached hydrogens (primary N) is 1. The van der Waals surface area contributed by atoms with Crippen LogP contribution in [0, 0.1) is 12.7 Å². The number of aromatic nitrogens is 6. The van der Waals surface area contributed by atoms with Crippen LogP contribution >= 0.6 is 0 Å². The summed E-state index contributed by atoms with van der Waals surface area (Å²) in [5.41, 5.74) is 4.51. The number of H-pyrrole nitrogens is 1. The molecule has 0 radical (unpaired) electrons. The molecule has 6 heterocycles. The van der Waals surface area contributed by atoms with Crippen molar-refractivity contribution in [3.63, 3.8) is 0 Å². The number of nitrogens with one attached hydrogen (secondary N) is 1. The minimum absolute atomic E-state index is 0.0498. The van der Waals surface area contributed by atoms with E-state index in [1.54, 1.807) is 12.3 Å². The SMILES string of the molecule is Cc1cc2[nH]ncc2c(-c2nc3c4c(nc(OC[C@@]5(C)CCCN5C)nc4c2F)N([C@H](C)c2cccnc2N)[C@@H](C)CO3)c1C(F)(F)F. The number of fused-ring (bicyclic) bond motifs is 1. The summed E-state index contributed by atoms with van der Waals surface area (Å²) < 4.78 is 73.5. The van der Waals surface area contributed by atoms with Crippen molar-refractivity contribution in [1.29, 1.82) is 0 Å². The molecule has 5 aromatic rings. The molecule has 1 aromatic carbocycles. The van der Waals surface area contributed by atoms with E-state index in [1.807, 2.05) is 31.9 Å². The summed E-state index contributed by atoms with van der Waals surface area (Å²) in [5.74, 6) is -0.610. The Hall–Kier alpha value is -4.79. The molecule has 0 saturated carbocycles. The van der Waals surface area contributed by atoms with E-state index in [2.05, 4.69) is 37.0 Å². The third kappa shape index (κ3) is 5.11. The number of hydrogen-bond acceptors (Lipinski definition) is 10. The second-order valence-electron chi connectivity index (χ2n) is 12.9. The Morgan fingerprint density at radius 3 is 2.75 bits per heavy atom. The molecule has 252 valence electrons. The van der Waals surface area contributed by atoms with Gasteiger partial charge in [0, 0.05) is 22.7 Å². The number of nitrogen functional groups attached to an aromatic ring is 1. The number of likely N-dealkylation sites (N-methyl/N-ethyl adjacent to an activating group) is 1. The monoisotopic (exact) mass is 665 g/mol. The first-order valence-electron chi connectivity index (χ1n) is 15.7. The number of hydrogen-bond donors (Lipinski definition) is 2. The molecule has 2 aliphatic heterocycles. The highest BCUT2D eigenvalue weighted by Crippen LogP contribution is 2.47. The average Bonchev–Trinajstić information content (AvgIpc) is 3.60. The van der Waals surface area contributed by atoms with Gasteiger partial charge in [0.05, 0.1) is 34.9 Å². The molecule has 15 heteroatoms. The molecule has 11 nitrogen and oxygen atoms in total. The molecule has 4 aromatic heterocycles. The summed E-state index contributed by atoms with van der Waals surface area (Å²) in [6, 6.07) is 4.00. The van der Waals surface area contributed by atoms with Crippen molar-refractivity contribution < 1.29 is 27.0 Å². The van der Waals surface area contributed by atoms with Crippen molar-refractivity contribution in [2.24, 2.45) is 0 Å². The number of ether oxygens (including phenoxy) is 2. The van der Waals surface area contributed by atoms with Crippen molar-refractivity contribution in [3.05, 3.63) is 53.1 Å². The molecule has 1 saturated heterocycles. The third-order valence-corrected chi connectivity index (χ3v) is 9.74. The van der Waals surface area contributed by atoms with Gasteiger partial charge >= 0.3 is 12.2 Å². The number of anilines is 2. The van der Waals surface area contributed by atoms with Gasteiger partial charge in [-0.1, -0.05) is 6.07 Å². The van der Waals surface area contributed by atoms with Gasteiger partial charge in [-0.3, -0.25) is 10.00 Å². The van der Waals surface area contributed by atoms with Gasteiger partial charge in [-0.05, 0) is 71.8 Å². The second kappa shape index (κ2) is 11.4. The van der Waals surface area contributed by atoms with Gasteiger partial charge < -0.3 is 20.1 Å². The van der Waals surface area contributed by atoms with Gasteiger partial charge in [0.25, 0.3) is 0 Å². The van der Waals surface area contributed by atoms with E-state index in [9.17, 15) is 13.2 Å². The summed E-state index contributed by atoms with van der Waals surface area (Å²) >= 11 is 0. The van der Waals surface area contributed by atoms with Crippen molar-refractivity contribution in [2.45, 2.75) is 64.3 Å². The van der Waals surface area contributed by atoms with Crippen LogP contribution in [0.15, 0.2) is 30.6 Å². The first-order chi connectivity index (χ1) is 22.8. The maximum atomic E-state index is 17.1. The summed E-state index contributed by atoms with van der Waals surface area (Å²) in [5, 5.41) is 6.80. The Labute approximate surface area is 273 Å². The summed E-state index contributed by atoms with van der Waals surface area (Å²) in [4.78, 5) is 22.1. The molecule has 48 heavy (non-hydrogen) atoms. The molecule has 0 unspecified atom stereocenters. The number of rotatable bonds is 6.